The van der Waals surface area contributed by atoms with Crippen LogP contribution in [0.25, 0.3) is 0 Å². The zero-order valence-electron chi connectivity index (χ0n) is 14.4. The van der Waals surface area contributed by atoms with Gasteiger partial charge in [-0.05, 0) is 18.2 Å². The monoisotopic (exact) mass is 317 g/mol. The standard InChI is InChI=1S/C17H23N3O3/c1-17(2,3)15-10-12(20(4)19-15)16(21)18-11-7-8-13(22-5)14(9-11)23-6/h7-10H,1-6H3,(H,18,21). The maximum atomic E-state index is 12.5. The van der Waals surface area contributed by atoms with Crippen LogP contribution in [0.2, 0.25) is 0 Å². The van der Waals surface area contributed by atoms with Gasteiger partial charge in [0.1, 0.15) is 5.69 Å². The highest BCUT2D eigenvalue weighted by Crippen LogP contribution is 2.30. The zero-order valence-corrected chi connectivity index (χ0v) is 14.4. The normalized spacial score (nSPS) is 11.2. The molecule has 0 saturated heterocycles. The van der Waals surface area contributed by atoms with E-state index >= 15 is 0 Å². The number of aromatic nitrogens is 2. The number of rotatable bonds is 4. The van der Waals surface area contributed by atoms with Crippen molar-refractivity contribution in [3.63, 3.8) is 0 Å². The summed E-state index contributed by atoms with van der Waals surface area (Å²) in [6, 6.07) is 7.05. The van der Waals surface area contributed by atoms with Gasteiger partial charge in [0.25, 0.3) is 5.91 Å². The Balaban J connectivity index is 2.24. The Hall–Kier alpha value is -2.50. The summed E-state index contributed by atoms with van der Waals surface area (Å²) < 4.78 is 12.0. The van der Waals surface area contributed by atoms with Crippen LogP contribution < -0.4 is 14.8 Å². The molecule has 6 nitrogen and oxygen atoms in total. The number of hydrogen-bond donors (Lipinski definition) is 1. The number of methoxy groups -OCH3 is 2. The number of benzene rings is 1. The van der Waals surface area contributed by atoms with E-state index in [4.69, 9.17) is 9.47 Å². The van der Waals surface area contributed by atoms with E-state index in [2.05, 4.69) is 31.2 Å². The highest BCUT2D eigenvalue weighted by atomic mass is 16.5. The number of nitrogens with one attached hydrogen (secondary N) is 1. The fourth-order valence-electron chi connectivity index (χ4n) is 2.16. The quantitative estimate of drug-likeness (QED) is 0.941. The molecule has 2 rings (SSSR count). The fourth-order valence-corrected chi connectivity index (χ4v) is 2.16. The molecule has 1 amide bonds. The smallest absolute Gasteiger partial charge is 0.273 e. The van der Waals surface area contributed by atoms with Crippen molar-refractivity contribution in [1.29, 1.82) is 0 Å². The van der Waals surface area contributed by atoms with Crippen molar-refractivity contribution in [2.45, 2.75) is 26.2 Å². The van der Waals surface area contributed by atoms with Crippen molar-refractivity contribution >= 4 is 11.6 Å². The highest BCUT2D eigenvalue weighted by molar-refractivity contribution is 6.03. The van der Waals surface area contributed by atoms with E-state index in [-0.39, 0.29) is 11.3 Å². The Bertz CT molecular complexity index is 714. The summed E-state index contributed by atoms with van der Waals surface area (Å²) in [5.41, 5.74) is 1.90. The van der Waals surface area contributed by atoms with E-state index in [1.807, 2.05) is 6.07 Å². The molecule has 0 aliphatic heterocycles. The summed E-state index contributed by atoms with van der Waals surface area (Å²) in [6.07, 6.45) is 0. The third-order valence-corrected chi connectivity index (χ3v) is 3.52. The van der Waals surface area contributed by atoms with Crippen LogP contribution in [0.5, 0.6) is 11.5 Å². The number of amides is 1. The predicted molar refractivity (Wildman–Crippen MR) is 89.4 cm³/mol. The Morgan fingerprint density at radius 2 is 1.78 bits per heavy atom. The van der Waals surface area contributed by atoms with Crippen molar-refractivity contribution < 1.29 is 14.3 Å². The number of hydrogen-bond acceptors (Lipinski definition) is 4. The van der Waals surface area contributed by atoms with E-state index in [1.165, 1.54) is 0 Å². The van der Waals surface area contributed by atoms with Crippen LogP contribution in [-0.2, 0) is 12.5 Å². The molecule has 0 atom stereocenters. The van der Waals surface area contributed by atoms with Crippen LogP contribution >= 0.6 is 0 Å². The van der Waals surface area contributed by atoms with Gasteiger partial charge in [-0.1, -0.05) is 20.8 Å². The van der Waals surface area contributed by atoms with E-state index in [0.29, 0.717) is 22.9 Å². The van der Waals surface area contributed by atoms with Gasteiger partial charge in [0.15, 0.2) is 11.5 Å². The Morgan fingerprint density at radius 3 is 2.30 bits per heavy atom. The van der Waals surface area contributed by atoms with Crippen LogP contribution in [0, 0.1) is 0 Å². The molecule has 2 aromatic rings. The molecule has 0 unspecified atom stereocenters. The molecule has 0 fully saturated rings. The summed E-state index contributed by atoms with van der Waals surface area (Å²) in [6.45, 7) is 6.18. The average Bonchev–Trinajstić information content (AvgIpc) is 2.89. The largest absolute Gasteiger partial charge is 0.493 e. The minimum Gasteiger partial charge on any atom is -0.493 e. The zero-order chi connectivity index (χ0) is 17.2. The Morgan fingerprint density at radius 1 is 1.13 bits per heavy atom. The molecule has 0 aliphatic carbocycles. The minimum atomic E-state index is -0.220. The molecule has 1 heterocycles. The van der Waals surface area contributed by atoms with E-state index in [0.717, 1.165) is 5.69 Å². The van der Waals surface area contributed by atoms with E-state index < -0.39 is 0 Å². The van der Waals surface area contributed by atoms with Crippen LogP contribution in [-0.4, -0.2) is 29.9 Å². The molecule has 0 aliphatic rings. The average molecular weight is 317 g/mol. The first-order valence-corrected chi connectivity index (χ1v) is 7.34. The second-order valence-corrected chi connectivity index (χ2v) is 6.31. The van der Waals surface area contributed by atoms with Gasteiger partial charge in [-0.2, -0.15) is 5.10 Å². The van der Waals surface area contributed by atoms with Crippen molar-refractivity contribution in [2.75, 3.05) is 19.5 Å². The third kappa shape index (κ3) is 3.64. The van der Waals surface area contributed by atoms with Crippen LogP contribution in [0.3, 0.4) is 0 Å². The molecule has 1 aromatic carbocycles. The highest BCUT2D eigenvalue weighted by Gasteiger charge is 2.21. The lowest BCUT2D eigenvalue weighted by Gasteiger charge is -2.13. The van der Waals surface area contributed by atoms with Crippen molar-refractivity contribution in [2.24, 2.45) is 7.05 Å². The lowest BCUT2D eigenvalue weighted by Crippen LogP contribution is -2.16. The van der Waals surface area contributed by atoms with Gasteiger partial charge >= 0.3 is 0 Å². The fraction of sp³-hybridized carbons (Fsp3) is 0.412. The maximum Gasteiger partial charge on any atom is 0.273 e. The first-order valence-electron chi connectivity index (χ1n) is 7.34. The predicted octanol–water partition coefficient (Wildman–Crippen LogP) is 2.99. The Labute approximate surface area is 136 Å². The van der Waals surface area contributed by atoms with Gasteiger partial charge in [0, 0.05) is 24.2 Å². The van der Waals surface area contributed by atoms with Crippen molar-refractivity contribution in [1.82, 2.24) is 9.78 Å². The van der Waals surface area contributed by atoms with Gasteiger partial charge in [0.2, 0.25) is 0 Å². The summed E-state index contributed by atoms with van der Waals surface area (Å²) >= 11 is 0. The SMILES string of the molecule is COc1ccc(NC(=O)c2cc(C(C)(C)C)nn2C)cc1OC. The van der Waals surface area contributed by atoms with Gasteiger partial charge in [-0.25, -0.2) is 0 Å². The first-order chi connectivity index (χ1) is 10.8. The molecule has 0 bridgehead atoms. The third-order valence-electron chi connectivity index (χ3n) is 3.52. The topological polar surface area (TPSA) is 65.4 Å². The summed E-state index contributed by atoms with van der Waals surface area (Å²) in [5.74, 6) is 0.953. The van der Waals surface area contributed by atoms with Gasteiger partial charge in [0.05, 0.1) is 19.9 Å². The molecule has 6 heteroatoms. The lowest BCUT2D eigenvalue weighted by molar-refractivity contribution is 0.101. The number of nitrogens with zero attached hydrogens (tertiary/aromatic N) is 2. The molecule has 0 spiro atoms. The molecule has 1 N–H and O–H groups in total. The molecular formula is C17H23N3O3. The summed E-state index contributed by atoms with van der Waals surface area (Å²) in [4.78, 5) is 12.5. The number of carbonyl (C=O) groups excluding carboxylic acids is 1. The maximum absolute atomic E-state index is 12.5. The number of anilines is 1. The number of aryl methyl sites for hydroxylation is 1. The Kier molecular flexibility index (Phi) is 4.63. The summed E-state index contributed by atoms with van der Waals surface area (Å²) in [5, 5.41) is 7.27. The molecule has 0 saturated carbocycles. The second kappa shape index (κ2) is 6.32. The minimum absolute atomic E-state index is 0.111. The molecule has 124 valence electrons. The van der Waals surface area contributed by atoms with Gasteiger partial charge in [-0.15, -0.1) is 0 Å². The van der Waals surface area contributed by atoms with Crippen molar-refractivity contribution in [3.8, 4) is 11.5 Å². The molecule has 1 aromatic heterocycles. The molecule has 0 radical (unpaired) electrons. The van der Waals surface area contributed by atoms with Gasteiger partial charge < -0.3 is 14.8 Å². The van der Waals surface area contributed by atoms with Crippen LogP contribution in [0.1, 0.15) is 37.0 Å². The van der Waals surface area contributed by atoms with Crippen LogP contribution in [0.4, 0.5) is 5.69 Å². The second-order valence-electron chi connectivity index (χ2n) is 6.31. The molecule has 23 heavy (non-hydrogen) atoms. The number of carbonyl (C=O) groups is 1. The van der Waals surface area contributed by atoms with Crippen LogP contribution in [0.15, 0.2) is 24.3 Å². The first kappa shape index (κ1) is 16.9. The van der Waals surface area contributed by atoms with E-state index in [1.54, 1.807) is 44.1 Å². The summed E-state index contributed by atoms with van der Waals surface area (Å²) in [7, 11) is 4.89. The number of ether oxygens (including phenoxy) is 2. The lowest BCUT2D eigenvalue weighted by atomic mass is 9.92. The van der Waals surface area contributed by atoms with Crippen molar-refractivity contribution in [3.05, 3.63) is 35.7 Å². The van der Waals surface area contributed by atoms with Gasteiger partial charge in [-0.3, -0.25) is 9.48 Å². The molecular weight excluding hydrogens is 294 g/mol. The van der Waals surface area contributed by atoms with E-state index in [9.17, 15) is 4.79 Å².